The Morgan fingerprint density at radius 3 is 1.59 bits per heavy atom. The highest BCUT2D eigenvalue weighted by atomic mass is 15.1. The third-order valence-electron chi connectivity index (χ3n) is 14.5. The highest BCUT2D eigenvalue weighted by Gasteiger charge is 2.47. The SMILES string of the molecule is CC1(C)c2ccccc2-c2ccc(N(c3ccc(-c4ccccc4)cc3)c3cc4c(cc3-c3ccc5c(c3)CCCC5)-c3ccccc3C4(c3ccccc3)c3ccccc3)cc21. The summed E-state index contributed by atoms with van der Waals surface area (Å²) in [6.07, 6.45) is 4.79. The predicted molar refractivity (Wildman–Crippen MR) is 264 cm³/mol. The van der Waals surface area contributed by atoms with Crippen LogP contribution in [0.15, 0.2) is 212 Å². The van der Waals surface area contributed by atoms with Crippen molar-refractivity contribution in [3.05, 3.63) is 257 Å². The summed E-state index contributed by atoms with van der Waals surface area (Å²) < 4.78 is 0. The molecule has 63 heavy (non-hydrogen) atoms. The highest BCUT2D eigenvalue weighted by Crippen LogP contribution is 2.59. The Morgan fingerprint density at radius 1 is 0.349 bits per heavy atom. The quantitative estimate of drug-likeness (QED) is 0.155. The Bertz CT molecular complexity index is 3140. The van der Waals surface area contributed by atoms with Gasteiger partial charge in [-0.05, 0) is 146 Å². The summed E-state index contributed by atoms with van der Waals surface area (Å²) in [7, 11) is 0. The second-order valence-electron chi connectivity index (χ2n) is 18.3. The minimum Gasteiger partial charge on any atom is -0.310 e. The molecule has 0 N–H and O–H groups in total. The Morgan fingerprint density at radius 2 is 0.889 bits per heavy atom. The van der Waals surface area contributed by atoms with E-state index in [4.69, 9.17) is 0 Å². The Kier molecular flexibility index (Phi) is 8.76. The van der Waals surface area contributed by atoms with Crippen LogP contribution in [0.5, 0.6) is 0 Å². The van der Waals surface area contributed by atoms with Gasteiger partial charge in [-0.25, -0.2) is 0 Å². The molecule has 12 rings (SSSR count). The van der Waals surface area contributed by atoms with E-state index >= 15 is 0 Å². The summed E-state index contributed by atoms with van der Waals surface area (Å²) in [5, 5.41) is 0. The van der Waals surface area contributed by atoms with E-state index in [1.165, 1.54) is 108 Å². The molecule has 0 spiro atoms. The number of benzene rings is 9. The molecule has 0 unspecified atom stereocenters. The minimum absolute atomic E-state index is 0.151. The van der Waals surface area contributed by atoms with Gasteiger partial charge in [0.2, 0.25) is 0 Å². The van der Waals surface area contributed by atoms with E-state index in [0.29, 0.717) is 0 Å². The molecule has 0 aliphatic heterocycles. The lowest BCUT2D eigenvalue weighted by Gasteiger charge is -2.36. The van der Waals surface area contributed by atoms with Crippen molar-refractivity contribution in [3.63, 3.8) is 0 Å². The van der Waals surface area contributed by atoms with Gasteiger partial charge in [-0.2, -0.15) is 0 Å². The van der Waals surface area contributed by atoms with Crippen molar-refractivity contribution in [2.24, 2.45) is 0 Å². The van der Waals surface area contributed by atoms with Gasteiger partial charge in [0.05, 0.1) is 11.1 Å². The minimum atomic E-state index is -0.540. The second kappa shape index (κ2) is 14.7. The topological polar surface area (TPSA) is 3.24 Å². The molecular weight excluding hydrogens is 759 g/mol. The number of hydrogen-bond acceptors (Lipinski definition) is 1. The van der Waals surface area contributed by atoms with Crippen LogP contribution in [0.1, 0.15) is 71.2 Å². The van der Waals surface area contributed by atoms with Crippen molar-refractivity contribution < 1.29 is 0 Å². The molecule has 1 nitrogen and oxygen atoms in total. The average molecular weight is 808 g/mol. The molecule has 0 aromatic heterocycles. The molecule has 302 valence electrons. The van der Waals surface area contributed by atoms with Crippen molar-refractivity contribution in [1.29, 1.82) is 0 Å². The lowest BCUT2D eigenvalue weighted by molar-refractivity contribution is 0.660. The Labute approximate surface area is 372 Å². The summed E-state index contributed by atoms with van der Waals surface area (Å²) in [4.78, 5) is 2.56. The fourth-order valence-corrected chi connectivity index (χ4v) is 11.5. The van der Waals surface area contributed by atoms with Crippen molar-refractivity contribution in [2.75, 3.05) is 4.90 Å². The van der Waals surface area contributed by atoms with Crippen LogP contribution in [0, 0.1) is 0 Å². The third kappa shape index (κ3) is 5.83. The van der Waals surface area contributed by atoms with E-state index in [1.807, 2.05) is 0 Å². The standard InChI is InChI=1S/C62H49N/c1-61(2)56-28-16-14-26-51(56)53-37-36-50(39-58(53)61)63(49-34-32-44(33-35-49)42-18-6-3-7-19-42)60-41-59-55(40-54(60)46-31-30-43-20-12-13-21-45(43)38-46)52-27-15-17-29-57(52)62(59,47-22-8-4-9-23-47)48-24-10-5-11-25-48/h3-11,14-19,22-41H,12-13,20-21H2,1-2H3. The van der Waals surface area contributed by atoms with Gasteiger partial charge in [0.15, 0.2) is 0 Å². The summed E-state index contributed by atoms with van der Waals surface area (Å²) in [6.45, 7) is 4.78. The van der Waals surface area contributed by atoms with E-state index < -0.39 is 5.41 Å². The maximum atomic E-state index is 2.57. The lowest BCUT2D eigenvalue weighted by Crippen LogP contribution is -2.28. The fourth-order valence-electron chi connectivity index (χ4n) is 11.5. The fraction of sp³-hybridized carbons (Fsp3) is 0.129. The molecule has 9 aromatic rings. The molecular formula is C62H49N. The first-order valence-corrected chi connectivity index (χ1v) is 22.7. The molecule has 3 aliphatic carbocycles. The van der Waals surface area contributed by atoms with Crippen LogP contribution in [0.25, 0.3) is 44.5 Å². The van der Waals surface area contributed by atoms with Gasteiger partial charge < -0.3 is 4.90 Å². The van der Waals surface area contributed by atoms with E-state index in [9.17, 15) is 0 Å². The zero-order chi connectivity index (χ0) is 42.1. The summed E-state index contributed by atoms with van der Waals surface area (Å²) in [5.74, 6) is 0. The number of nitrogens with zero attached hydrogens (tertiary/aromatic N) is 1. The zero-order valence-corrected chi connectivity index (χ0v) is 36.0. The highest BCUT2D eigenvalue weighted by molar-refractivity contribution is 5.97. The lowest BCUT2D eigenvalue weighted by atomic mass is 9.67. The largest absolute Gasteiger partial charge is 0.310 e. The first-order valence-electron chi connectivity index (χ1n) is 22.7. The van der Waals surface area contributed by atoms with Crippen molar-refractivity contribution in [2.45, 2.75) is 50.4 Å². The van der Waals surface area contributed by atoms with Crippen molar-refractivity contribution >= 4 is 17.1 Å². The Hall–Kier alpha value is -7.22. The normalized spacial score (nSPS) is 14.8. The summed E-state index contributed by atoms with van der Waals surface area (Å²) >= 11 is 0. The Balaban J connectivity index is 1.18. The van der Waals surface area contributed by atoms with Crippen molar-refractivity contribution in [1.82, 2.24) is 0 Å². The molecule has 0 atom stereocenters. The molecule has 0 heterocycles. The van der Waals surface area contributed by atoms with Crippen LogP contribution in [-0.4, -0.2) is 0 Å². The smallest absolute Gasteiger partial charge is 0.0714 e. The summed E-state index contributed by atoms with van der Waals surface area (Å²) in [5.41, 5.74) is 23.8. The third-order valence-corrected chi connectivity index (χ3v) is 14.5. The van der Waals surface area contributed by atoms with Crippen LogP contribution in [0.2, 0.25) is 0 Å². The van der Waals surface area contributed by atoms with Gasteiger partial charge in [-0.15, -0.1) is 0 Å². The van der Waals surface area contributed by atoms with E-state index in [2.05, 4.69) is 231 Å². The average Bonchev–Trinajstić information content (AvgIpc) is 3.77. The molecule has 0 saturated heterocycles. The van der Waals surface area contributed by atoms with Gasteiger partial charge in [0.25, 0.3) is 0 Å². The van der Waals surface area contributed by atoms with Crippen LogP contribution in [0.4, 0.5) is 17.1 Å². The molecule has 0 amide bonds. The van der Waals surface area contributed by atoms with E-state index in [0.717, 1.165) is 24.2 Å². The predicted octanol–water partition coefficient (Wildman–Crippen LogP) is 16.0. The monoisotopic (exact) mass is 807 g/mol. The molecule has 0 fully saturated rings. The first kappa shape index (κ1) is 37.5. The molecule has 1 heteroatoms. The molecule has 9 aromatic carbocycles. The first-order chi connectivity index (χ1) is 31.0. The number of fused-ring (bicyclic) bond motifs is 7. The van der Waals surface area contributed by atoms with Gasteiger partial charge >= 0.3 is 0 Å². The van der Waals surface area contributed by atoms with E-state index in [-0.39, 0.29) is 5.41 Å². The van der Waals surface area contributed by atoms with Crippen LogP contribution < -0.4 is 4.90 Å². The molecule has 0 radical (unpaired) electrons. The number of aryl methyl sites for hydroxylation is 2. The van der Waals surface area contributed by atoms with Crippen molar-refractivity contribution in [3.8, 4) is 44.5 Å². The molecule has 0 bridgehead atoms. The van der Waals surface area contributed by atoms with Gasteiger partial charge in [-0.3, -0.25) is 0 Å². The molecule has 0 saturated carbocycles. The van der Waals surface area contributed by atoms with Gasteiger partial charge in [-0.1, -0.05) is 190 Å². The maximum Gasteiger partial charge on any atom is 0.0714 e. The summed E-state index contributed by atoms with van der Waals surface area (Å²) in [6, 6.07) is 80.2. The number of hydrogen-bond donors (Lipinski definition) is 0. The maximum absolute atomic E-state index is 2.57. The second-order valence-corrected chi connectivity index (χ2v) is 18.3. The van der Waals surface area contributed by atoms with Gasteiger partial charge in [0, 0.05) is 22.4 Å². The van der Waals surface area contributed by atoms with Crippen LogP contribution >= 0.6 is 0 Å². The zero-order valence-electron chi connectivity index (χ0n) is 36.0. The number of rotatable bonds is 7. The van der Waals surface area contributed by atoms with E-state index in [1.54, 1.807) is 0 Å². The van der Waals surface area contributed by atoms with Crippen LogP contribution in [-0.2, 0) is 23.7 Å². The number of anilines is 3. The van der Waals surface area contributed by atoms with Crippen LogP contribution in [0.3, 0.4) is 0 Å². The van der Waals surface area contributed by atoms with Gasteiger partial charge in [0.1, 0.15) is 0 Å². The molecule has 3 aliphatic rings.